The Kier molecular flexibility index (Phi) is 3.49. The number of aryl methyl sites for hydroxylation is 1. The molecule has 2 unspecified atom stereocenters. The van der Waals surface area contributed by atoms with E-state index in [4.69, 9.17) is 0 Å². The van der Waals surface area contributed by atoms with Crippen LogP contribution in [0, 0.1) is 18.3 Å². The van der Waals surface area contributed by atoms with Crippen LogP contribution in [0.5, 0.6) is 0 Å². The lowest BCUT2D eigenvalue weighted by atomic mass is 9.97. The highest BCUT2D eigenvalue weighted by Crippen LogP contribution is 2.58. The molecular weight excluding hydrogens is 282 g/mol. The summed E-state index contributed by atoms with van der Waals surface area (Å²) in [4.78, 5) is 1.44. The first kappa shape index (κ1) is 12.6. The summed E-state index contributed by atoms with van der Waals surface area (Å²) in [6.45, 7) is 10.2. The largest absolute Gasteiger partial charge is 0.310 e. The number of hydrogen-bond donors (Lipinski definition) is 1. The summed E-state index contributed by atoms with van der Waals surface area (Å²) in [6.07, 6.45) is 1.34. The normalized spacial score (nSPS) is 24.4. The summed E-state index contributed by atoms with van der Waals surface area (Å²) in [5, 5.41) is 3.66. The Balaban J connectivity index is 2.23. The summed E-state index contributed by atoms with van der Waals surface area (Å²) in [7, 11) is 0. The van der Waals surface area contributed by atoms with Gasteiger partial charge in [0.2, 0.25) is 0 Å². The summed E-state index contributed by atoms with van der Waals surface area (Å²) >= 11 is 5.44. The zero-order valence-electron chi connectivity index (χ0n) is 10.4. The van der Waals surface area contributed by atoms with Gasteiger partial charge in [0.1, 0.15) is 0 Å². The minimum Gasteiger partial charge on any atom is -0.310 e. The Morgan fingerprint density at radius 2 is 2.25 bits per heavy atom. The number of nitrogens with one attached hydrogen (secondary N) is 1. The average molecular weight is 302 g/mol. The van der Waals surface area contributed by atoms with E-state index in [9.17, 15) is 0 Å². The highest BCUT2D eigenvalue weighted by atomic mass is 79.9. The van der Waals surface area contributed by atoms with Gasteiger partial charge in [0.15, 0.2) is 0 Å². The number of halogens is 1. The van der Waals surface area contributed by atoms with Crippen molar-refractivity contribution in [3.8, 4) is 0 Å². The smallest absolute Gasteiger partial charge is 0.0704 e. The maximum Gasteiger partial charge on any atom is 0.0704 e. The van der Waals surface area contributed by atoms with Gasteiger partial charge in [0, 0.05) is 10.9 Å². The Bertz CT molecular complexity index is 383. The Morgan fingerprint density at radius 1 is 1.62 bits per heavy atom. The molecule has 0 saturated heterocycles. The van der Waals surface area contributed by atoms with Crippen molar-refractivity contribution in [3.63, 3.8) is 0 Å². The molecule has 1 heterocycles. The van der Waals surface area contributed by atoms with Crippen LogP contribution in [0.3, 0.4) is 0 Å². The molecule has 0 amide bonds. The second-order valence-corrected chi connectivity index (χ2v) is 8.03. The first-order chi connectivity index (χ1) is 7.45. The highest BCUT2D eigenvalue weighted by molar-refractivity contribution is 9.11. The minimum absolute atomic E-state index is 0.522. The van der Waals surface area contributed by atoms with Crippen molar-refractivity contribution >= 4 is 27.3 Å². The van der Waals surface area contributed by atoms with Gasteiger partial charge < -0.3 is 5.32 Å². The van der Waals surface area contributed by atoms with Gasteiger partial charge in [-0.15, -0.1) is 11.3 Å². The molecule has 1 fully saturated rings. The van der Waals surface area contributed by atoms with Gasteiger partial charge in [0.25, 0.3) is 0 Å². The molecule has 16 heavy (non-hydrogen) atoms. The summed E-state index contributed by atoms with van der Waals surface area (Å²) in [5.41, 5.74) is 2.02. The molecule has 0 spiro atoms. The van der Waals surface area contributed by atoms with Crippen LogP contribution in [0.25, 0.3) is 0 Å². The van der Waals surface area contributed by atoms with Gasteiger partial charge in [0.05, 0.1) is 3.79 Å². The van der Waals surface area contributed by atoms with Gasteiger partial charge in [-0.25, -0.2) is 0 Å². The van der Waals surface area contributed by atoms with E-state index in [-0.39, 0.29) is 0 Å². The molecule has 0 aliphatic heterocycles. The van der Waals surface area contributed by atoms with Crippen LogP contribution in [0.1, 0.15) is 43.7 Å². The standard InChI is InChI=1S/C13H20BrNS/c1-5-15-12(10-7-13(10,3)4)9-6-11(14)16-8(9)2/h6,10,12,15H,5,7H2,1-4H3. The predicted molar refractivity (Wildman–Crippen MR) is 75.1 cm³/mol. The van der Waals surface area contributed by atoms with Gasteiger partial charge >= 0.3 is 0 Å². The van der Waals surface area contributed by atoms with Gasteiger partial charge in [-0.3, -0.25) is 0 Å². The predicted octanol–water partition coefficient (Wildman–Crippen LogP) is 4.52. The average Bonchev–Trinajstić information content (AvgIpc) is 2.66. The Morgan fingerprint density at radius 3 is 2.62 bits per heavy atom. The number of hydrogen-bond acceptors (Lipinski definition) is 2. The van der Waals surface area contributed by atoms with Crippen LogP contribution in [0.4, 0.5) is 0 Å². The third-order valence-electron chi connectivity index (χ3n) is 3.68. The molecule has 1 aliphatic carbocycles. The van der Waals surface area contributed by atoms with E-state index in [2.05, 4.69) is 55.0 Å². The van der Waals surface area contributed by atoms with Crippen molar-refractivity contribution in [3.05, 3.63) is 20.3 Å². The van der Waals surface area contributed by atoms with Crippen molar-refractivity contribution in [2.45, 2.75) is 40.2 Å². The van der Waals surface area contributed by atoms with Gasteiger partial charge in [-0.1, -0.05) is 20.8 Å². The number of rotatable bonds is 4. The lowest BCUT2D eigenvalue weighted by molar-refractivity contribution is 0.423. The molecule has 1 aromatic heterocycles. The molecule has 1 nitrogen and oxygen atoms in total. The molecular formula is C13H20BrNS. The molecule has 0 bridgehead atoms. The molecule has 90 valence electrons. The van der Waals surface area contributed by atoms with Crippen LogP contribution < -0.4 is 5.32 Å². The fraction of sp³-hybridized carbons (Fsp3) is 0.692. The van der Waals surface area contributed by atoms with Crippen molar-refractivity contribution in [2.24, 2.45) is 11.3 Å². The fourth-order valence-electron chi connectivity index (χ4n) is 2.53. The van der Waals surface area contributed by atoms with Crippen molar-refractivity contribution in [2.75, 3.05) is 6.54 Å². The zero-order chi connectivity index (χ0) is 11.9. The third-order valence-corrected chi connectivity index (χ3v) is 5.25. The quantitative estimate of drug-likeness (QED) is 0.862. The first-order valence-electron chi connectivity index (χ1n) is 5.95. The minimum atomic E-state index is 0.522. The van der Waals surface area contributed by atoms with Gasteiger partial charge in [-0.05, 0) is 58.8 Å². The molecule has 1 N–H and O–H groups in total. The Labute approximate surface area is 111 Å². The van der Waals surface area contributed by atoms with Crippen molar-refractivity contribution in [1.29, 1.82) is 0 Å². The second-order valence-electron chi connectivity index (χ2n) is 5.40. The van der Waals surface area contributed by atoms with E-state index in [0.717, 1.165) is 12.5 Å². The highest BCUT2D eigenvalue weighted by Gasteiger charge is 2.50. The SMILES string of the molecule is CCNC(c1cc(Br)sc1C)C1CC1(C)C. The molecule has 1 aromatic rings. The summed E-state index contributed by atoms with van der Waals surface area (Å²) in [6, 6.07) is 2.84. The fourth-order valence-corrected chi connectivity index (χ4v) is 4.29. The molecule has 1 aliphatic rings. The lowest BCUT2D eigenvalue weighted by Gasteiger charge is -2.19. The van der Waals surface area contributed by atoms with Crippen LogP contribution in [0.15, 0.2) is 9.85 Å². The first-order valence-corrected chi connectivity index (χ1v) is 7.56. The van der Waals surface area contributed by atoms with E-state index in [1.807, 2.05) is 11.3 Å². The number of thiophene rings is 1. The summed E-state index contributed by atoms with van der Waals surface area (Å²) < 4.78 is 1.25. The topological polar surface area (TPSA) is 12.0 Å². The van der Waals surface area contributed by atoms with E-state index in [1.165, 1.54) is 20.6 Å². The molecule has 0 radical (unpaired) electrons. The monoisotopic (exact) mass is 301 g/mol. The van der Waals surface area contributed by atoms with Crippen molar-refractivity contribution < 1.29 is 0 Å². The molecule has 2 rings (SSSR count). The molecule has 2 atom stereocenters. The molecule has 3 heteroatoms. The van der Waals surface area contributed by atoms with E-state index < -0.39 is 0 Å². The van der Waals surface area contributed by atoms with E-state index in [1.54, 1.807) is 0 Å². The Hall–Kier alpha value is 0.140. The summed E-state index contributed by atoms with van der Waals surface area (Å²) in [5.74, 6) is 0.799. The van der Waals surface area contributed by atoms with Crippen LogP contribution in [-0.4, -0.2) is 6.54 Å². The lowest BCUT2D eigenvalue weighted by Crippen LogP contribution is -2.24. The molecule has 1 saturated carbocycles. The maximum absolute atomic E-state index is 3.66. The van der Waals surface area contributed by atoms with Crippen LogP contribution in [0.2, 0.25) is 0 Å². The third kappa shape index (κ3) is 2.36. The van der Waals surface area contributed by atoms with Gasteiger partial charge in [-0.2, -0.15) is 0 Å². The van der Waals surface area contributed by atoms with Crippen LogP contribution >= 0.6 is 27.3 Å². The maximum atomic E-state index is 3.66. The molecule has 0 aromatic carbocycles. The van der Waals surface area contributed by atoms with E-state index in [0.29, 0.717) is 11.5 Å². The van der Waals surface area contributed by atoms with Crippen LogP contribution in [-0.2, 0) is 0 Å². The van der Waals surface area contributed by atoms with E-state index >= 15 is 0 Å². The second kappa shape index (κ2) is 4.43. The zero-order valence-corrected chi connectivity index (χ0v) is 12.8. The van der Waals surface area contributed by atoms with Crippen molar-refractivity contribution in [1.82, 2.24) is 5.32 Å².